The van der Waals surface area contributed by atoms with Gasteiger partial charge in [0.05, 0.1) is 12.2 Å². The maximum atomic E-state index is 6.00. The Morgan fingerprint density at radius 2 is 2.10 bits per heavy atom. The van der Waals surface area contributed by atoms with Gasteiger partial charge in [0.2, 0.25) is 0 Å². The summed E-state index contributed by atoms with van der Waals surface area (Å²) in [6, 6.07) is 1.27. The lowest BCUT2D eigenvalue weighted by Crippen LogP contribution is -2.51. The number of piperidine rings is 1. The minimum Gasteiger partial charge on any atom is -0.378 e. The molecule has 3 aliphatic heterocycles. The van der Waals surface area contributed by atoms with Crippen LogP contribution in [0.5, 0.6) is 0 Å². The molecule has 1 spiro atoms. The van der Waals surface area contributed by atoms with Crippen molar-refractivity contribution in [3.05, 3.63) is 0 Å². The molecule has 3 rings (SSSR count). The van der Waals surface area contributed by atoms with Crippen molar-refractivity contribution in [2.24, 2.45) is 0 Å². The number of ether oxygens (including phenoxy) is 2. The summed E-state index contributed by atoms with van der Waals surface area (Å²) in [5, 5.41) is 3.79. The van der Waals surface area contributed by atoms with E-state index in [9.17, 15) is 0 Å². The molecule has 0 aliphatic carbocycles. The molecule has 0 aromatic heterocycles. The third-order valence-electron chi connectivity index (χ3n) is 5.28. The van der Waals surface area contributed by atoms with Crippen LogP contribution < -0.4 is 5.32 Å². The highest BCUT2D eigenvalue weighted by Crippen LogP contribution is 2.32. The molecule has 20 heavy (non-hydrogen) atoms. The van der Waals surface area contributed by atoms with Crippen LogP contribution in [-0.4, -0.2) is 62.0 Å². The second-order valence-corrected chi connectivity index (χ2v) is 6.88. The minimum atomic E-state index is 0.0320. The van der Waals surface area contributed by atoms with Gasteiger partial charge in [0.1, 0.15) is 0 Å². The Morgan fingerprint density at radius 3 is 2.85 bits per heavy atom. The van der Waals surface area contributed by atoms with Crippen molar-refractivity contribution in [2.45, 2.75) is 63.1 Å². The zero-order chi connectivity index (χ0) is 13.8. The summed E-state index contributed by atoms with van der Waals surface area (Å²) in [5.74, 6) is 0. The molecule has 3 fully saturated rings. The first kappa shape index (κ1) is 14.8. The van der Waals surface area contributed by atoms with E-state index < -0.39 is 0 Å². The van der Waals surface area contributed by atoms with E-state index in [1.807, 2.05) is 0 Å². The zero-order valence-electron chi connectivity index (χ0n) is 12.9. The van der Waals surface area contributed by atoms with Gasteiger partial charge in [-0.3, -0.25) is 4.90 Å². The van der Waals surface area contributed by atoms with E-state index in [1.165, 1.54) is 32.4 Å². The number of rotatable bonds is 4. The highest BCUT2D eigenvalue weighted by atomic mass is 16.6. The summed E-state index contributed by atoms with van der Waals surface area (Å²) in [6.45, 7) is 8.61. The molecule has 0 aromatic carbocycles. The van der Waals surface area contributed by atoms with Gasteiger partial charge >= 0.3 is 0 Å². The Bertz CT molecular complexity index is 299. The van der Waals surface area contributed by atoms with Gasteiger partial charge in [0.15, 0.2) is 0 Å². The maximum Gasteiger partial charge on any atom is 0.0951 e. The molecule has 116 valence electrons. The monoisotopic (exact) mass is 282 g/mol. The fraction of sp³-hybridized carbons (Fsp3) is 1.00. The van der Waals surface area contributed by atoms with Crippen molar-refractivity contribution in [1.29, 1.82) is 0 Å². The average molecular weight is 282 g/mol. The van der Waals surface area contributed by atoms with Gasteiger partial charge in [0, 0.05) is 38.3 Å². The molecular weight excluding hydrogens is 252 g/mol. The smallest absolute Gasteiger partial charge is 0.0951 e. The summed E-state index contributed by atoms with van der Waals surface area (Å²) in [4.78, 5) is 2.64. The summed E-state index contributed by atoms with van der Waals surface area (Å²) >= 11 is 0. The average Bonchev–Trinajstić information content (AvgIpc) is 2.93. The van der Waals surface area contributed by atoms with Gasteiger partial charge < -0.3 is 14.8 Å². The summed E-state index contributed by atoms with van der Waals surface area (Å²) in [7, 11) is 0. The van der Waals surface area contributed by atoms with Crippen molar-refractivity contribution in [2.75, 3.05) is 39.5 Å². The summed E-state index contributed by atoms with van der Waals surface area (Å²) in [6.07, 6.45) is 7.52. The van der Waals surface area contributed by atoms with Crippen molar-refractivity contribution in [3.8, 4) is 0 Å². The number of hydrogen-bond donors (Lipinski definition) is 1. The summed E-state index contributed by atoms with van der Waals surface area (Å²) in [5.41, 5.74) is 0.0320. The highest BCUT2D eigenvalue weighted by Gasteiger charge is 2.40. The second kappa shape index (κ2) is 6.73. The lowest BCUT2D eigenvalue weighted by molar-refractivity contribution is -0.0896. The largest absolute Gasteiger partial charge is 0.378 e. The van der Waals surface area contributed by atoms with E-state index in [0.29, 0.717) is 12.1 Å². The second-order valence-electron chi connectivity index (χ2n) is 6.88. The van der Waals surface area contributed by atoms with Crippen LogP contribution in [-0.2, 0) is 9.47 Å². The van der Waals surface area contributed by atoms with E-state index in [4.69, 9.17) is 9.47 Å². The van der Waals surface area contributed by atoms with E-state index in [1.54, 1.807) is 0 Å². The minimum absolute atomic E-state index is 0.0320. The predicted molar refractivity (Wildman–Crippen MR) is 80.0 cm³/mol. The molecule has 1 N–H and O–H groups in total. The van der Waals surface area contributed by atoms with Gasteiger partial charge in [-0.1, -0.05) is 6.42 Å². The fourth-order valence-electron chi connectivity index (χ4n) is 3.89. The third kappa shape index (κ3) is 3.53. The molecular formula is C16H30N2O2. The van der Waals surface area contributed by atoms with Crippen LogP contribution in [0.2, 0.25) is 0 Å². The zero-order valence-corrected chi connectivity index (χ0v) is 12.9. The number of nitrogens with zero attached hydrogens (tertiary/aromatic N) is 1. The SMILES string of the molecule is CC(CNC1CCOC2(CCOC2)C1)N1CCCCC1. The number of hydrogen-bond acceptors (Lipinski definition) is 4. The molecule has 3 aliphatic rings. The van der Waals surface area contributed by atoms with Crippen molar-refractivity contribution < 1.29 is 9.47 Å². The number of likely N-dealkylation sites (tertiary alicyclic amines) is 1. The normalized spacial score (nSPS) is 37.4. The predicted octanol–water partition coefficient (Wildman–Crippen LogP) is 1.79. The lowest BCUT2D eigenvalue weighted by Gasteiger charge is -2.39. The van der Waals surface area contributed by atoms with E-state index in [-0.39, 0.29) is 5.60 Å². The van der Waals surface area contributed by atoms with E-state index in [2.05, 4.69) is 17.1 Å². The molecule has 0 radical (unpaired) electrons. The molecule has 3 atom stereocenters. The number of nitrogens with one attached hydrogen (secondary N) is 1. The van der Waals surface area contributed by atoms with Gasteiger partial charge in [-0.25, -0.2) is 0 Å². The molecule has 0 saturated carbocycles. The van der Waals surface area contributed by atoms with E-state index >= 15 is 0 Å². The van der Waals surface area contributed by atoms with Gasteiger partial charge in [-0.2, -0.15) is 0 Å². The molecule has 3 heterocycles. The first-order valence-corrected chi connectivity index (χ1v) is 8.47. The van der Waals surface area contributed by atoms with E-state index in [0.717, 1.165) is 45.6 Å². The third-order valence-corrected chi connectivity index (χ3v) is 5.28. The van der Waals surface area contributed by atoms with Crippen LogP contribution in [0.25, 0.3) is 0 Å². The Kier molecular flexibility index (Phi) is 4.97. The van der Waals surface area contributed by atoms with Crippen molar-refractivity contribution in [1.82, 2.24) is 10.2 Å². The van der Waals surface area contributed by atoms with Crippen molar-refractivity contribution in [3.63, 3.8) is 0 Å². The molecule has 3 saturated heterocycles. The fourth-order valence-corrected chi connectivity index (χ4v) is 3.89. The first-order chi connectivity index (χ1) is 9.77. The van der Waals surface area contributed by atoms with Gasteiger partial charge in [-0.15, -0.1) is 0 Å². The summed E-state index contributed by atoms with van der Waals surface area (Å²) < 4.78 is 11.6. The van der Waals surface area contributed by atoms with Gasteiger partial charge in [0.25, 0.3) is 0 Å². The van der Waals surface area contributed by atoms with Crippen LogP contribution in [0.3, 0.4) is 0 Å². The van der Waals surface area contributed by atoms with Gasteiger partial charge in [-0.05, 0) is 45.7 Å². The molecule has 4 heteroatoms. The quantitative estimate of drug-likeness (QED) is 0.852. The topological polar surface area (TPSA) is 33.7 Å². The lowest BCUT2D eigenvalue weighted by atomic mass is 9.89. The first-order valence-electron chi connectivity index (χ1n) is 8.47. The Labute approximate surface area is 123 Å². The van der Waals surface area contributed by atoms with Crippen LogP contribution in [0.4, 0.5) is 0 Å². The van der Waals surface area contributed by atoms with Crippen LogP contribution in [0.1, 0.15) is 45.4 Å². The molecule has 4 nitrogen and oxygen atoms in total. The molecule has 0 amide bonds. The standard InChI is InChI=1S/C16H30N2O2/c1-14(18-7-3-2-4-8-18)12-17-15-5-9-20-16(11-15)6-10-19-13-16/h14-15,17H,2-13H2,1H3. The Morgan fingerprint density at radius 1 is 1.25 bits per heavy atom. The molecule has 0 bridgehead atoms. The Balaban J connectivity index is 1.43. The molecule has 0 aromatic rings. The molecule has 3 unspecified atom stereocenters. The van der Waals surface area contributed by atoms with Crippen LogP contribution >= 0.6 is 0 Å². The highest BCUT2D eigenvalue weighted by molar-refractivity contribution is 4.93. The Hall–Kier alpha value is -0.160. The maximum absolute atomic E-state index is 6.00. The van der Waals surface area contributed by atoms with Crippen LogP contribution in [0.15, 0.2) is 0 Å². The van der Waals surface area contributed by atoms with Crippen molar-refractivity contribution >= 4 is 0 Å². The van der Waals surface area contributed by atoms with Crippen LogP contribution in [0, 0.1) is 0 Å².